The van der Waals surface area contributed by atoms with E-state index in [0.29, 0.717) is 6.54 Å². The van der Waals surface area contributed by atoms with Gasteiger partial charge in [0, 0.05) is 13.6 Å². The largest absolute Gasteiger partial charge is 0.321 e. The van der Waals surface area contributed by atoms with Gasteiger partial charge in [-0.3, -0.25) is 0 Å². The molecular weight excluding hydrogens is 238 g/mol. The first-order valence-corrected chi connectivity index (χ1v) is 6.42. The van der Waals surface area contributed by atoms with Crippen LogP contribution in [0.15, 0.2) is 12.1 Å². The molecule has 0 bridgehead atoms. The summed E-state index contributed by atoms with van der Waals surface area (Å²) in [6.07, 6.45) is 0. The summed E-state index contributed by atoms with van der Waals surface area (Å²) in [6, 6.07) is 6.35. The van der Waals surface area contributed by atoms with Gasteiger partial charge >= 0.3 is 6.03 Å². The van der Waals surface area contributed by atoms with Crippen LogP contribution in [0.4, 0.5) is 4.79 Å². The van der Waals surface area contributed by atoms with Gasteiger partial charge < -0.3 is 9.80 Å². The van der Waals surface area contributed by atoms with Crippen LogP contribution in [0.2, 0.25) is 0 Å². The molecule has 2 rings (SSSR count). The molecule has 0 spiro atoms. The average molecular weight is 257 g/mol. The van der Waals surface area contributed by atoms with E-state index in [1.807, 2.05) is 6.07 Å². The maximum Gasteiger partial charge on any atom is 0.321 e. The molecule has 0 saturated carbocycles. The Hall–Kier alpha value is -2.02. The molecule has 1 saturated heterocycles. The van der Waals surface area contributed by atoms with Crippen LogP contribution in [0.1, 0.15) is 28.3 Å². The Morgan fingerprint density at radius 2 is 1.89 bits per heavy atom. The third-order valence-electron chi connectivity index (χ3n) is 3.94. The zero-order chi connectivity index (χ0) is 14.2. The normalized spacial score (nSPS) is 18.9. The predicted molar refractivity (Wildman–Crippen MR) is 73.7 cm³/mol. The van der Waals surface area contributed by atoms with E-state index < -0.39 is 0 Å². The van der Waals surface area contributed by atoms with Crippen LogP contribution >= 0.6 is 0 Å². The number of carbonyl (C=O) groups is 1. The highest BCUT2D eigenvalue weighted by atomic mass is 16.2. The first kappa shape index (κ1) is 13.4. The summed E-state index contributed by atoms with van der Waals surface area (Å²) in [5.74, 6) is 0. The Morgan fingerprint density at radius 3 is 2.53 bits per heavy atom. The van der Waals surface area contributed by atoms with Crippen LogP contribution in [0.3, 0.4) is 0 Å². The molecule has 4 heteroatoms. The van der Waals surface area contributed by atoms with Crippen molar-refractivity contribution in [2.45, 2.75) is 26.8 Å². The van der Waals surface area contributed by atoms with Crippen molar-refractivity contribution in [3.63, 3.8) is 0 Å². The maximum absolute atomic E-state index is 12.0. The second-order valence-corrected chi connectivity index (χ2v) is 5.24. The number of hydrogen-bond acceptors (Lipinski definition) is 2. The Balaban J connectivity index is 2.36. The fourth-order valence-electron chi connectivity index (χ4n) is 2.63. The van der Waals surface area contributed by atoms with Crippen molar-refractivity contribution < 1.29 is 4.79 Å². The Morgan fingerprint density at radius 1 is 1.26 bits per heavy atom. The van der Waals surface area contributed by atoms with E-state index in [9.17, 15) is 4.79 Å². The number of aryl methyl sites for hydroxylation is 3. The molecular formula is C15H19N3O. The van der Waals surface area contributed by atoms with Crippen LogP contribution in [0, 0.1) is 32.1 Å². The number of hydrogen-bond donors (Lipinski definition) is 0. The highest BCUT2D eigenvalue weighted by Crippen LogP contribution is 2.31. The average Bonchev–Trinajstić information content (AvgIpc) is 2.63. The van der Waals surface area contributed by atoms with Crippen molar-refractivity contribution in [3.8, 4) is 6.07 Å². The summed E-state index contributed by atoms with van der Waals surface area (Å²) in [6.45, 7) is 7.00. The van der Waals surface area contributed by atoms with Gasteiger partial charge in [-0.25, -0.2) is 4.79 Å². The first-order chi connectivity index (χ1) is 8.95. The summed E-state index contributed by atoms with van der Waals surface area (Å²) in [5, 5.41) is 8.76. The molecule has 1 heterocycles. The summed E-state index contributed by atoms with van der Waals surface area (Å²) >= 11 is 0. The first-order valence-electron chi connectivity index (χ1n) is 6.42. The number of nitriles is 1. The van der Waals surface area contributed by atoms with Gasteiger partial charge in [-0.2, -0.15) is 5.26 Å². The molecule has 19 heavy (non-hydrogen) atoms. The summed E-state index contributed by atoms with van der Waals surface area (Å²) in [5.41, 5.74) is 4.88. The SMILES string of the molecule is Cc1cc(C)c(C2CN(CC#N)C(=O)N2C)cc1C. The van der Waals surface area contributed by atoms with E-state index in [-0.39, 0.29) is 18.6 Å². The van der Waals surface area contributed by atoms with Gasteiger partial charge in [0.2, 0.25) is 0 Å². The molecule has 100 valence electrons. The maximum atomic E-state index is 12.0. The summed E-state index contributed by atoms with van der Waals surface area (Å²) in [7, 11) is 1.80. The third kappa shape index (κ3) is 2.28. The lowest BCUT2D eigenvalue weighted by Crippen LogP contribution is -2.29. The van der Waals surface area contributed by atoms with Gasteiger partial charge in [0.15, 0.2) is 0 Å². The summed E-state index contributed by atoms with van der Waals surface area (Å²) < 4.78 is 0. The third-order valence-corrected chi connectivity index (χ3v) is 3.94. The molecule has 1 fully saturated rings. The Bertz CT molecular complexity index is 559. The molecule has 2 amide bonds. The van der Waals surface area contributed by atoms with E-state index in [4.69, 9.17) is 5.26 Å². The van der Waals surface area contributed by atoms with E-state index in [0.717, 1.165) is 0 Å². The van der Waals surface area contributed by atoms with Crippen LogP contribution in [0.5, 0.6) is 0 Å². The number of carbonyl (C=O) groups excluding carboxylic acids is 1. The van der Waals surface area contributed by atoms with Gasteiger partial charge in [-0.1, -0.05) is 12.1 Å². The second-order valence-electron chi connectivity index (χ2n) is 5.24. The number of nitrogens with zero attached hydrogens (tertiary/aromatic N) is 3. The molecule has 1 aromatic rings. The molecule has 1 aliphatic rings. The highest BCUT2D eigenvalue weighted by Gasteiger charge is 2.35. The molecule has 1 unspecified atom stereocenters. The van der Waals surface area contributed by atoms with Crippen molar-refractivity contribution in [1.82, 2.24) is 9.80 Å². The van der Waals surface area contributed by atoms with Crippen LogP contribution in [-0.4, -0.2) is 36.0 Å². The lowest BCUT2D eigenvalue weighted by Gasteiger charge is -2.21. The minimum absolute atomic E-state index is 0.0418. The van der Waals surface area contributed by atoms with E-state index in [2.05, 4.69) is 32.9 Å². The number of amides is 2. The quantitative estimate of drug-likeness (QED) is 0.764. The van der Waals surface area contributed by atoms with Gasteiger partial charge in [0.1, 0.15) is 6.54 Å². The second kappa shape index (κ2) is 4.93. The topological polar surface area (TPSA) is 47.3 Å². The van der Waals surface area contributed by atoms with Crippen molar-refractivity contribution in [3.05, 3.63) is 34.4 Å². The van der Waals surface area contributed by atoms with E-state index in [1.165, 1.54) is 22.3 Å². The van der Waals surface area contributed by atoms with E-state index in [1.54, 1.807) is 16.8 Å². The van der Waals surface area contributed by atoms with Crippen LogP contribution in [-0.2, 0) is 0 Å². The van der Waals surface area contributed by atoms with Crippen molar-refractivity contribution >= 4 is 6.03 Å². The van der Waals surface area contributed by atoms with Gasteiger partial charge in [0.05, 0.1) is 12.1 Å². The molecule has 0 aliphatic carbocycles. The van der Waals surface area contributed by atoms with Gasteiger partial charge in [0.25, 0.3) is 0 Å². The smallest absolute Gasteiger partial charge is 0.319 e. The zero-order valence-corrected chi connectivity index (χ0v) is 11.9. The Labute approximate surface area is 114 Å². The van der Waals surface area contributed by atoms with E-state index >= 15 is 0 Å². The van der Waals surface area contributed by atoms with Crippen molar-refractivity contribution in [2.24, 2.45) is 0 Å². The molecule has 1 aromatic carbocycles. The standard InChI is InChI=1S/C15H19N3O/c1-10-7-12(3)13(8-11(10)2)14-9-18(6-5-16)15(19)17(14)4/h7-8,14H,6,9H2,1-4H3. The molecule has 0 N–H and O–H groups in total. The number of benzene rings is 1. The molecule has 0 aromatic heterocycles. The fraction of sp³-hybridized carbons (Fsp3) is 0.467. The lowest BCUT2D eigenvalue weighted by molar-refractivity contribution is 0.199. The molecule has 4 nitrogen and oxygen atoms in total. The minimum Gasteiger partial charge on any atom is -0.319 e. The highest BCUT2D eigenvalue weighted by molar-refractivity contribution is 5.77. The number of urea groups is 1. The zero-order valence-electron chi connectivity index (χ0n) is 11.9. The number of rotatable bonds is 2. The van der Waals surface area contributed by atoms with Crippen molar-refractivity contribution in [1.29, 1.82) is 5.26 Å². The molecule has 0 radical (unpaired) electrons. The van der Waals surface area contributed by atoms with Gasteiger partial charge in [-0.05, 0) is 43.0 Å². The molecule has 1 atom stereocenters. The van der Waals surface area contributed by atoms with Crippen LogP contribution < -0.4 is 0 Å². The fourth-order valence-corrected chi connectivity index (χ4v) is 2.63. The molecule has 1 aliphatic heterocycles. The van der Waals surface area contributed by atoms with Crippen LogP contribution in [0.25, 0.3) is 0 Å². The van der Waals surface area contributed by atoms with Crippen molar-refractivity contribution in [2.75, 3.05) is 20.1 Å². The predicted octanol–water partition coefficient (Wildman–Crippen LogP) is 2.54. The Kier molecular flexibility index (Phi) is 3.48. The lowest BCUT2D eigenvalue weighted by atomic mass is 9.95. The number of likely N-dealkylation sites (N-methyl/N-ethyl adjacent to an activating group) is 1. The summed E-state index contributed by atoms with van der Waals surface area (Å²) in [4.78, 5) is 15.4. The monoisotopic (exact) mass is 257 g/mol. The van der Waals surface area contributed by atoms with Gasteiger partial charge in [-0.15, -0.1) is 0 Å². The minimum atomic E-state index is -0.0656.